The molecule has 0 saturated carbocycles. The molecule has 1 unspecified atom stereocenters. The molecule has 38 heavy (non-hydrogen) atoms. The highest BCUT2D eigenvalue weighted by Crippen LogP contribution is 2.27. The Hall–Kier alpha value is -5.10. The average molecular weight is 496 g/mol. The number of hydrogen-bond acceptors (Lipinski definition) is 5. The van der Waals surface area contributed by atoms with Crippen molar-refractivity contribution >= 4 is 39.8 Å². The summed E-state index contributed by atoms with van der Waals surface area (Å²) in [6.45, 7) is 2.02. The van der Waals surface area contributed by atoms with E-state index in [0.29, 0.717) is 16.7 Å². The number of rotatable bonds is 6. The lowest BCUT2D eigenvalue weighted by Crippen LogP contribution is -2.26. The van der Waals surface area contributed by atoms with Crippen molar-refractivity contribution in [2.24, 2.45) is 0 Å². The molecule has 0 aliphatic rings. The van der Waals surface area contributed by atoms with Crippen molar-refractivity contribution in [2.45, 2.75) is 13.0 Å². The third-order valence-corrected chi connectivity index (χ3v) is 6.57. The number of hydrogen-bond donors (Lipinski definition) is 1. The van der Waals surface area contributed by atoms with Gasteiger partial charge >= 0.3 is 0 Å². The van der Waals surface area contributed by atoms with E-state index in [4.69, 9.17) is 0 Å². The summed E-state index contributed by atoms with van der Waals surface area (Å²) in [4.78, 5) is 27.4. The first-order valence-electron chi connectivity index (χ1n) is 12.5. The molecular formula is C32H25N5O. The summed E-state index contributed by atoms with van der Waals surface area (Å²) in [5.74, 6) is 0.620. The minimum atomic E-state index is -0.254. The number of fused-ring (bicyclic) bond motifs is 2. The van der Waals surface area contributed by atoms with Crippen molar-refractivity contribution in [2.75, 3.05) is 5.32 Å². The van der Waals surface area contributed by atoms with Gasteiger partial charge < -0.3 is 5.32 Å². The molecular weight excluding hydrogens is 470 g/mol. The molecule has 0 saturated heterocycles. The van der Waals surface area contributed by atoms with Crippen LogP contribution in [-0.2, 0) is 0 Å². The number of aromatic nitrogens is 4. The van der Waals surface area contributed by atoms with E-state index in [1.165, 1.54) is 6.33 Å². The third-order valence-electron chi connectivity index (χ3n) is 6.57. The van der Waals surface area contributed by atoms with Crippen molar-refractivity contribution in [1.82, 2.24) is 19.5 Å². The van der Waals surface area contributed by atoms with E-state index in [-0.39, 0.29) is 11.6 Å². The van der Waals surface area contributed by atoms with E-state index in [0.717, 1.165) is 33.4 Å². The zero-order valence-electron chi connectivity index (χ0n) is 20.8. The van der Waals surface area contributed by atoms with Crippen LogP contribution in [0.2, 0.25) is 0 Å². The monoisotopic (exact) mass is 495 g/mol. The van der Waals surface area contributed by atoms with E-state index in [9.17, 15) is 4.79 Å². The Balaban J connectivity index is 1.51. The summed E-state index contributed by atoms with van der Waals surface area (Å²) in [5.41, 5.74) is 4.94. The standard InChI is InChI=1S/C32H25N5O/c1-22(36-31-30-27(34-21-35-31)16-9-19-33-30)28-20-25-13-8-12-24(18-17-23-10-4-2-5-11-23)29(25)32(38)37(28)26-14-6-3-7-15-26/h2-22H,1H3,(H,34,35,36). The summed E-state index contributed by atoms with van der Waals surface area (Å²) in [6.07, 6.45) is 7.29. The number of nitrogens with one attached hydrogen (secondary N) is 1. The smallest absolute Gasteiger partial charge is 0.263 e. The molecule has 0 fully saturated rings. The maximum atomic E-state index is 14.2. The van der Waals surface area contributed by atoms with Crippen molar-refractivity contribution < 1.29 is 0 Å². The highest BCUT2D eigenvalue weighted by atomic mass is 16.1. The van der Waals surface area contributed by atoms with Gasteiger partial charge in [0.25, 0.3) is 5.56 Å². The Kier molecular flexibility index (Phi) is 6.20. The molecule has 6 nitrogen and oxygen atoms in total. The van der Waals surface area contributed by atoms with Gasteiger partial charge in [-0.1, -0.05) is 78.9 Å². The van der Waals surface area contributed by atoms with Gasteiger partial charge in [0.1, 0.15) is 11.8 Å². The lowest BCUT2D eigenvalue weighted by Gasteiger charge is -2.22. The summed E-state index contributed by atoms with van der Waals surface area (Å²) in [5, 5.41) is 5.03. The minimum absolute atomic E-state index is 0.0728. The molecule has 6 aromatic rings. The molecule has 3 aromatic heterocycles. The summed E-state index contributed by atoms with van der Waals surface area (Å²) in [6, 6.07) is 31.4. The molecule has 184 valence electrons. The molecule has 3 heterocycles. The molecule has 0 bridgehead atoms. The highest BCUT2D eigenvalue weighted by Gasteiger charge is 2.19. The highest BCUT2D eigenvalue weighted by molar-refractivity contribution is 5.93. The van der Waals surface area contributed by atoms with E-state index in [1.807, 2.05) is 110 Å². The van der Waals surface area contributed by atoms with E-state index in [1.54, 1.807) is 10.8 Å². The third kappa shape index (κ3) is 4.44. The Morgan fingerprint density at radius 3 is 2.42 bits per heavy atom. The molecule has 0 aliphatic heterocycles. The van der Waals surface area contributed by atoms with Crippen molar-refractivity contribution in [1.29, 1.82) is 0 Å². The zero-order chi connectivity index (χ0) is 25.9. The fourth-order valence-corrected chi connectivity index (χ4v) is 4.74. The molecule has 1 N–H and O–H groups in total. The van der Waals surface area contributed by atoms with Crippen molar-refractivity contribution in [3.8, 4) is 5.69 Å². The molecule has 1 atom stereocenters. The molecule has 0 aliphatic carbocycles. The second-order valence-corrected chi connectivity index (χ2v) is 9.06. The number of pyridine rings is 2. The van der Waals surface area contributed by atoms with Crippen LogP contribution in [0.4, 0.5) is 5.82 Å². The molecule has 3 aromatic carbocycles. The van der Waals surface area contributed by atoms with Gasteiger partial charge in [-0.25, -0.2) is 9.97 Å². The van der Waals surface area contributed by atoms with E-state index >= 15 is 0 Å². The molecule has 6 rings (SSSR count). The predicted octanol–water partition coefficient (Wildman–Crippen LogP) is 6.67. The molecule has 6 heteroatoms. The Morgan fingerprint density at radius 1 is 0.816 bits per heavy atom. The van der Waals surface area contributed by atoms with Crippen LogP contribution in [0.1, 0.15) is 29.8 Å². The maximum absolute atomic E-state index is 14.2. The number of nitrogens with zero attached hydrogens (tertiary/aromatic N) is 4. The van der Waals surface area contributed by atoms with Crippen LogP contribution in [0.25, 0.3) is 39.6 Å². The fraction of sp³-hybridized carbons (Fsp3) is 0.0625. The Morgan fingerprint density at radius 2 is 1.61 bits per heavy atom. The van der Waals surface area contributed by atoms with E-state index in [2.05, 4.69) is 26.3 Å². The molecule has 0 radical (unpaired) electrons. The van der Waals surface area contributed by atoms with Gasteiger partial charge in [-0.15, -0.1) is 0 Å². The Labute approximate surface area is 220 Å². The van der Waals surface area contributed by atoms with Gasteiger partial charge in [0, 0.05) is 17.6 Å². The van der Waals surface area contributed by atoms with Crippen molar-refractivity contribution in [3.63, 3.8) is 0 Å². The van der Waals surface area contributed by atoms with Gasteiger partial charge in [0.2, 0.25) is 0 Å². The second-order valence-electron chi connectivity index (χ2n) is 9.06. The number of para-hydroxylation sites is 1. The Bertz CT molecular complexity index is 1820. The fourth-order valence-electron chi connectivity index (χ4n) is 4.74. The van der Waals surface area contributed by atoms with Gasteiger partial charge in [-0.2, -0.15) is 0 Å². The van der Waals surface area contributed by atoms with Gasteiger partial charge in [-0.05, 0) is 53.8 Å². The van der Waals surface area contributed by atoms with Gasteiger partial charge in [-0.3, -0.25) is 14.3 Å². The first kappa shape index (κ1) is 23.3. The molecule has 0 amide bonds. The van der Waals surface area contributed by atoms with Gasteiger partial charge in [0.05, 0.1) is 16.9 Å². The summed E-state index contributed by atoms with van der Waals surface area (Å²) in [7, 11) is 0. The summed E-state index contributed by atoms with van der Waals surface area (Å²) >= 11 is 0. The quantitative estimate of drug-likeness (QED) is 0.261. The van der Waals surface area contributed by atoms with Gasteiger partial charge in [0.15, 0.2) is 5.82 Å². The average Bonchev–Trinajstić information content (AvgIpc) is 2.97. The van der Waals surface area contributed by atoms with Crippen molar-refractivity contribution in [3.05, 3.63) is 137 Å². The lowest BCUT2D eigenvalue weighted by atomic mass is 10.0. The van der Waals surface area contributed by atoms with Crippen LogP contribution >= 0.6 is 0 Å². The maximum Gasteiger partial charge on any atom is 0.263 e. The van der Waals surface area contributed by atoms with Crippen LogP contribution in [0.5, 0.6) is 0 Å². The van der Waals surface area contributed by atoms with E-state index < -0.39 is 0 Å². The first-order chi connectivity index (χ1) is 18.7. The van der Waals surface area contributed by atoms with Crippen LogP contribution in [0.3, 0.4) is 0 Å². The van der Waals surface area contributed by atoms with Crippen LogP contribution in [0, 0.1) is 0 Å². The lowest BCUT2D eigenvalue weighted by molar-refractivity contribution is 0.774. The second kappa shape index (κ2) is 10.1. The molecule has 0 spiro atoms. The normalized spacial score (nSPS) is 12.2. The number of benzene rings is 3. The topological polar surface area (TPSA) is 72.7 Å². The van der Waals surface area contributed by atoms with Crippen LogP contribution in [-0.4, -0.2) is 19.5 Å². The number of anilines is 1. The SMILES string of the molecule is CC(Nc1ncnc2cccnc12)c1cc2cccc(C=Cc3ccccc3)c2c(=O)n1-c1ccccc1. The minimum Gasteiger partial charge on any atom is -0.360 e. The van der Waals surface area contributed by atoms with Crippen LogP contribution in [0.15, 0.2) is 114 Å². The summed E-state index contributed by atoms with van der Waals surface area (Å²) < 4.78 is 1.79. The largest absolute Gasteiger partial charge is 0.360 e. The first-order valence-corrected chi connectivity index (χ1v) is 12.5. The predicted molar refractivity (Wildman–Crippen MR) is 154 cm³/mol. The zero-order valence-corrected chi connectivity index (χ0v) is 20.8. The van der Waals surface area contributed by atoms with Crippen LogP contribution < -0.4 is 10.9 Å².